The highest BCUT2D eigenvalue weighted by Crippen LogP contribution is 2.51. The summed E-state index contributed by atoms with van der Waals surface area (Å²) in [6.07, 6.45) is 0. The molecule has 0 aliphatic heterocycles. The quantitative estimate of drug-likeness (QED) is 0.165. The lowest BCUT2D eigenvalue weighted by molar-refractivity contribution is 1.01. The number of benzene rings is 18. The zero-order valence-electron chi connectivity index (χ0n) is 60.3. The summed E-state index contributed by atoms with van der Waals surface area (Å²) in [6, 6.07) is 145. The van der Waals surface area contributed by atoms with Crippen LogP contribution in [0, 0.1) is 0 Å². The maximum Gasteiger partial charge on any atom is 0.0625 e. The van der Waals surface area contributed by atoms with Gasteiger partial charge in [0.05, 0.1) is 49.7 Å². The largest absolute Gasteiger partial charge is 0.354 e. The Balaban J connectivity index is 0.000000118. The standard InChI is InChI=1S/C53H34N2.C34H22N2.C18H12BrN.CH4/c1-3-15-34(16-4-1)51-43-24-10-9-21-40(43)45-33-38(28-29-44(45)51)55-49-26-14-12-23-42(49)47-31-35-17-7-8-20-39(35)52(53(47)55)36-27-30-50-46(32-36)41-22-11-13-25-48(41)54(50)37-18-5-2-6-19-37;1-2-11-24(12-3-1)36-31-17-9-7-15-27(31)28-21-23(18-19-32(28)36)33-25-13-5-4-10-22(25)20-29-26-14-6-8-16-30(26)35-34(29)33;19-13-10-11-18-16(12-13)15-8-4-5-9-17(15)20(18)14-6-2-1-3-7-14;/h1-33,51H;1-21,35H;1-12H;1H4. The molecule has 18 aromatic carbocycles. The lowest BCUT2D eigenvalue weighted by atomic mass is 9.89. The average Bonchev–Trinajstić information content (AvgIpc) is 1.56. The summed E-state index contributed by atoms with van der Waals surface area (Å²) >= 11 is 3.57. The first-order valence-corrected chi connectivity index (χ1v) is 38.9. The monoisotopic (exact) mass is 1490 g/mol. The van der Waals surface area contributed by atoms with Crippen LogP contribution < -0.4 is 0 Å². The van der Waals surface area contributed by atoms with Gasteiger partial charge in [-0.2, -0.15) is 0 Å². The van der Waals surface area contributed by atoms with Crippen molar-refractivity contribution in [3.8, 4) is 56.1 Å². The molecule has 23 aromatic rings. The topological polar surface area (TPSA) is 35.5 Å². The SMILES string of the molecule is Brc1ccc2c(c1)c1ccccc1n2-c1ccccc1.C.c1ccc(-n2c3ccccc3c3cc(-c4c5ccccc5cc5c4[nH]c4ccccc45)ccc32)cc1.c1ccc(C2c3ccccc3-c3cc(-n4c5ccccc5c5cc6ccccc6c(-c6ccc7c(c6)c6ccccc6n7-c6ccccc6)c54)ccc32)cc1. The Hall–Kier alpha value is -14.0. The van der Waals surface area contributed by atoms with Crippen LogP contribution in [0.1, 0.15) is 30.0 Å². The lowest BCUT2D eigenvalue weighted by Crippen LogP contribution is -2.00. The fourth-order valence-electron chi connectivity index (χ4n) is 18.4. The van der Waals surface area contributed by atoms with Gasteiger partial charge in [0.1, 0.15) is 0 Å². The number of aromatic nitrogens is 5. The predicted octanol–water partition coefficient (Wildman–Crippen LogP) is 29.3. The molecule has 0 radical (unpaired) electrons. The summed E-state index contributed by atoms with van der Waals surface area (Å²) in [4.78, 5) is 3.75. The summed E-state index contributed by atoms with van der Waals surface area (Å²) in [5.41, 5.74) is 28.5. The van der Waals surface area contributed by atoms with Crippen molar-refractivity contribution >= 4 is 147 Å². The van der Waals surface area contributed by atoms with E-state index >= 15 is 0 Å². The first-order chi connectivity index (χ1) is 55.0. The van der Waals surface area contributed by atoms with Crippen molar-refractivity contribution in [3.63, 3.8) is 0 Å². The normalized spacial score (nSPS) is 12.5. The second-order valence-corrected chi connectivity index (χ2v) is 30.1. The van der Waals surface area contributed by atoms with Gasteiger partial charge < -0.3 is 23.3 Å². The number of halogens is 1. The van der Waals surface area contributed by atoms with Gasteiger partial charge in [-0.3, -0.25) is 0 Å². The van der Waals surface area contributed by atoms with E-state index in [1.165, 1.54) is 203 Å². The highest BCUT2D eigenvalue weighted by atomic mass is 79.9. The molecule has 528 valence electrons. The lowest BCUT2D eigenvalue weighted by Gasteiger charge is -2.17. The molecule has 6 heteroatoms. The van der Waals surface area contributed by atoms with E-state index in [9.17, 15) is 0 Å². The van der Waals surface area contributed by atoms with Crippen LogP contribution in [0.15, 0.2) is 405 Å². The number of hydrogen-bond acceptors (Lipinski definition) is 0. The predicted molar refractivity (Wildman–Crippen MR) is 479 cm³/mol. The number of hydrogen-bond donors (Lipinski definition) is 1. The van der Waals surface area contributed by atoms with Gasteiger partial charge >= 0.3 is 0 Å². The van der Waals surface area contributed by atoms with Crippen LogP contribution in [0.2, 0.25) is 0 Å². The number of para-hydroxylation sites is 8. The van der Waals surface area contributed by atoms with E-state index in [-0.39, 0.29) is 13.3 Å². The second-order valence-electron chi connectivity index (χ2n) is 29.2. The number of rotatable bonds is 7. The number of fused-ring (bicyclic) bond motifs is 20. The maximum atomic E-state index is 3.75. The van der Waals surface area contributed by atoms with Crippen molar-refractivity contribution < 1.29 is 0 Å². The Morgan fingerprint density at radius 2 is 0.634 bits per heavy atom. The molecule has 1 aliphatic rings. The molecule has 112 heavy (non-hydrogen) atoms. The third-order valence-corrected chi connectivity index (χ3v) is 23.6. The highest BCUT2D eigenvalue weighted by molar-refractivity contribution is 9.10. The van der Waals surface area contributed by atoms with Gasteiger partial charge in [0, 0.05) is 104 Å². The summed E-state index contributed by atoms with van der Waals surface area (Å²) in [5.74, 6) is 0.212. The Bertz CT molecular complexity index is 7650. The fourth-order valence-corrected chi connectivity index (χ4v) is 18.8. The van der Waals surface area contributed by atoms with E-state index in [0.717, 1.165) is 4.47 Å². The van der Waals surface area contributed by atoms with Crippen LogP contribution in [-0.4, -0.2) is 23.3 Å². The molecular formula is C106H72BrN5. The van der Waals surface area contributed by atoms with Crippen molar-refractivity contribution in [2.24, 2.45) is 0 Å². The van der Waals surface area contributed by atoms with Gasteiger partial charge in [-0.25, -0.2) is 0 Å². The van der Waals surface area contributed by atoms with Crippen LogP contribution >= 0.6 is 15.9 Å². The highest BCUT2D eigenvalue weighted by Gasteiger charge is 2.31. The Kier molecular flexibility index (Phi) is 15.9. The molecule has 0 bridgehead atoms. The first-order valence-electron chi connectivity index (χ1n) is 38.1. The van der Waals surface area contributed by atoms with Gasteiger partial charge in [0.15, 0.2) is 0 Å². The van der Waals surface area contributed by atoms with Crippen molar-refractivity contribution in [2.75, 3.05) is 0 Å². The third-order valence-electron chi connectivity index (χ3n) is 23.1. The van der Waals surface area contributed by atoms with Gasteiger partial charge in [0.2, 0.25) is 0 Å². The third kappa shape index (κ3) is 10.6. The molecule has 1 unspecified atom stereocenters. The number of nitrogens with one attached hydrogen (secondary N) is 1. The van der Waals surface area contributed by atoms with Crippen LogP contribution in [0.3, 0.4) is 0 Å². The summed E-state index contributed by atoms with van der Waals surface area (Å²) in [5, 5.41) is 17.7. The Morgan fingerprint density at radius 1 is 0.241 bits per heavy atom. The summed E-state index contributed by atoms with van der Waals surface area (Å²) in [6.45, 7) is 0. The van der Waals surface area contributed by atoms with E-state index in [0.29, 0.717) is 0 Å². The van der Waals surface area contributed by atoms with Gasteiger partial charge in [0.25, 0.3) is 0 Å². The zero-order chi connectivity index (χ0) is 73.2. The molecule has 0 saturated heterocycles. The van der Waals surface area contributed by atoms with Crippen molar-refractivity contribution in [2.45, 2.75) is 13.3 Å². The van der Waals surface area contributed by atoms with Crippen molar-refractivity contribution in [3.05, 3.63) is 422 Å². The molecule has 0 fully saturated rings. The molecule has 1 aliphatic carbocycles. The molecule has 24 rings (SSSR count). The Morgan fingerprint density at radius 3 is 1.19 bits per heavy atom. The fraction of sp³-hybridized carbons (Fsp3) is 0.0189. The van der Waals surface area contributed by atoms with Gasteiger partial charge in [-0.1, -0.05) is 290 Å². The van der Waals surface area contributed by atoms with E-state index < -0.39 is 0 Å². The van der Waals surface area contributed by atoms with Crippen molar-refractivity contribution in [1.82, 2.24) is 23.3 Å². The van der Waals surface area contributed by atoms with Crippen molar-refractivity contribution in [1.29, 1.82) is 0 Å². The number of aromatic amines is 1. The summed E-state index contributed by atoms with van der Waals surface area (Å²) < 4.78 is 10.7. The Labute approximate surface area is 656 Å². The molecule has 0 spiro atoms. The van der Waals surface area contributed by atoms with E-state index in [2.05, 4.69) is 433 Å². The number of H-pyrrole nitrogens is 1. The van der Waals surface area contributed by atoms with E-state index in [1.54, 1.807) is 0 Å². The average molecular weight is 1500 g/mol. The van der Waals surface area contributed by atoms with E-state index in [1.807, 2.05) is 6.07 Å². The van der Waals surface area contributed by atoms with Crippen LogP contribution in [0.5, 0.6) is 0 Å². The first kappa shape index (κ1) is 66.2. The smallest absolute Gasteiger partial charge is 0.0625 e. The van der Waals surface area contributed by atoms with Crippen LogP contribution in [0.25, 0.3) is 187 Å². The minimum absolute atomic E-state index is 0. The molecule has 5 aromatic heterocycles. The second kappa shape index (κ2) is 27.0. The molecular weight excluding hydrogens is 1420 g/mol. The minimum Gasteiger partial charge on any atom is -0.354 e. The maximum absolute atomic E-state index is 3.75. The molecule has 1 atom stereocenters. The van der Waals surface area contributed by atoms with E-state index in [4.69, 9.17) is 0 Å². The molecule has 0 saturated carbocycles. The zero-order valence-corrected chi connectivity index (χ0v) is 61.9. The van der Waals surface area contributed by atoms with Gasteiger partial charge in [-0.15, -0.1) is 0 Å². The minimum atomic E-state index is 0. The molecule has 0 amide bonds. The molecule has 1 N–H and O–H groups in total. The van der Waals surface area contributed by atoms with Gasteiger partial charge in [-0.05, 0) is 194 Å². The number of nitrogens with zero attached hydrogens (tertiary/aromatic N) is 4. The van der Waals surface area contributed by atoms with Crippen LogP contribution in [-0.2, 0) is 0 Å². The van der Waals surface area contributed by atoms with Crippen LogP contribution in [0.4, 0.5) is 0 Å². The molecule has 5 nitrogen and oxygen atoms in total. The summed E-state index contributed by atoms with van der Waals surface area (Å²) in [7, 11) is 0. The molecule has 5 heterocycles.